The van der Waals surface area contributed by atoms with Gasteiger partial charge in [-0.1, -0.05) is 31.9 Å². The molecule has 0 saturated heterocycles. The molecule has 0 aliphatic rings. The third-order valence-corrected chi connectivity index (χ3v) is 3.28. The molecule has 8 nitrogen and oxygen atoms in total. The van der Waals surface area contributed by atoms with Crippen molar-refractivity contribution in [2.45, 2.75) is 38.6 Å². The van der Waals surface area contributed by atoms with Crippen LogP contribution in [-0.4, -0.2) is 34.6 Å². The quantitative estimate of drug-likeness (QED) is 0.365. The minimum absolute atomic E-state index is 0.0551. The maximum absolute atomic E-state index is 12.1. The number of hydrogen-bond acceptors (Lipinski definition) is 4. The van der Waals surface area contributed by atoms with Crippen molar-refractivity contribution >= 4 is 17.7 Å². The van der Waals surface area contributed by atoms with Gasteiger partial charge in [-0.3, -0.25) is 14.9 Å². The van der Waals surface area contributed by atoms with Crippen LogP contribution in [0.3, 0.4) is 0 Å². The van der Waals surface area contributed by atoms with E-state index in [1.165, 1.54) is 24.3 Å². The molecule has 0 fully saturated rings. The molecular weight excluding hydrogens is 302 g/mol. The molecule has 0 saturated carbocycles. The topological polar surface area (TPSA) is 122 Å². The maximum atomic E-state index is 12.1. The Morgan fingerprint density at radius 3 is 2.43 bits per heavy atom. The monoisotopic (exact) mass is 323 g/mol. The molecule has 8 heteroatoms. The van der Waals surface area contributed by atoms with Gasteiger partial charge in [0, 0.05) is 25.1 Å². The number of nitro benzene ring substituents is 1. The number of amides is 2. The molecule has 1 atom stereocenters. The van der Waals surface area contributed by atoms with Crippen LogP contribution in [0.4, 0.5) is 10.5 Å². The second kappa shape index (κ2) is 9.39. The first-order chi connectivity index (χ1) is 10.9. The number of carbonyl (C=O) groups is 2. The fourth-order valence-electron chi connectivity index (χ4n) is 2.06. The van der Waals surface area contributed by atoms with E-state index in [9.17, 15) is 19.7 Å². The van der Waals surface area contributed by atoms with Gasteiger partial charge < -0.3 is 15.7 Å². The number of carbonyl (C=O) groups excluding carboxylic acids is 1. The number of unbranched alkanes of at least 4 members (excludes halogenated alkanes) is 2. The summed E-state index contributed by atoms with van der Waals surface area (Å²) in [6.45, 7) is 2.54. The van der Waals surface area contributed by atoms with Gasteiger partial charge in [-0.2, -0.15) is 0 Å². The zero-order valence-corrected chi connectivity index (χ0v) is 12.9. The fourth-order valence-corrected chi connectivity index (χ4v) is 2.06. The molecule has 1 aromatic rings. The van der Waals surface area contributed by atoms with Crippen LogP contribution in [0.15, 0.2) is 24.3 Å². The summed E-state index contributed by atoms with van der Waals surface area (Å²) >= 11 is 0. The van der Waals surface area contributed by atoms with Crippen molar-refractivity contribution < 1.29 is 19.6 Å². The number of rotatable bonds is 9. The molecule has 0 bridgehead atoms. The lowest BCUT2D eigenvalue weighted by Crippen LogP contribution is -2.47. The molecule has 126 valence electrons. The maximum Gasteiger partial charge on any atom is 0.405 e. The zero-order valence-electron chi connectivity index (χ0n) is 12.9. The van der Waals surface area contributed by atoms with E-state index in [4.69, 9.17) is 5.11 Å². The van der Waals surface area contributed by atoms with Gasteiger partial charge in [0.2, 0.25) is 5.91 Å². The van der Waals surface area contributed by atoms with Crippen molar-refractivity contribution in [1.29, 1.82) is 0 Å². The first-order valence-electron chi connectivity index (χ1n) is 7.44. The van der Waals surface area contributed by atoms with Crippen LogP contribution in [0.1, 0.15) is 31.7 Å². The largest absolute Gasteiger partial charge is 0.465 e. The summed E-state index contributed by atoms with van der Waals surface area (Å²) in [5.41, 5.74) is 0.582. The van der Waals surface area contributed by atoms with E-state index in [2.05, 4.69) is 10.6 Å². The van der Waals surface area contributed by atoms with Crippen molar-refractivity contribution in [2.75, 3.05) is 6.54 Å². The lowest BCUT2D eigenvalue weighted by molar-refractivity contribution is -0.384. The van der Waals surface area contributed by atoms with Gasteiger partial charge >= 0.3 is 6.09 Å². The van der Waals surface area contributed by atoms with Crippen LogP contribution in [0, 0.1) is 10.1 Å². The summed E-state index contributed by atoms with van der Waals surface area (Å²) in [5.74, 6) is -0.401. The van der Waals surface area contributed by atoms with E-state index in [0.29, 0.717) is 12.1 Å². The lowest BCUT2D eigenvalue weighted by Gasteiger charge is -2.16. The number of benzene rings is 1. The van der Waals surface area contributed by atoms with Crippen molar-refractivity contribution in [1.82, 2.24) is 10.6 Å². The third-order valence-electron chi connectivity index (χ3n) is 3.28. The molecule has 0 radical (unpaired) electrons. The van der Waals surface area contributed by atoms with Crippen LogP contribution >= 0.6 is 0 Å². The Morgan fingerprint density at radius 1 is 1.26 bits per heavy atom. The number of hydrogen-bond donors (Lipinski definition) is 3. The molecule has 0 aliphatic heterocycles. The second-order valence-corrected chi connectivity index (χ2v) is 5.13. The molecule has 1 aromatic carbocycles. The van der Waals surface area contributed by atoms with Crippen molar-refractivity contribution in [3.8, 4) is 0 Å². The van der Waals surface area contributed by atoms with Gasteiger partial charge in [0.05, 0.1) is 4.92 Å². The highest BCUT2D eigenvalue weighted by atomic mass is 16.6. The molecule has 23 heavy (non-hydrogen) atoms. The van der Waals surface area contributed by atoms with Gasteiger partial charge in [0.1, 0.15) is 6.04 Å². The fraction of sp³-hybridized carbons (Fsp3) is 0.467. The van der Waals surface area contributed by atoms with Crippen LogP contribution in [0.25, 0.3) is 0 Å². The smallest absolute Gasteiger partial charge is 0.405 e. The third kappa shape index (κ3) is 6.77. The van der Waals surface area contributed by atoms with E-state index in [-0.39, 0.29) is 12.1 Å². The van der Waals surface area contributed by atoms with Crippen LogP contribution in [-0.2, 0) is 11.2 Å². The molecule has 0 spiro atoms. The Labute approximate surface area is 134 Å². The minimum atomic E-state index is -1.29. The molecule has 3 N–H and O–H groups in total. The summed E-state index contributed by atoms with van der Waals surface area (Å²) < 4.78 is 0. The highest BCUT2D eigenvalue weighted by Gasteiger charge is 2.21. The predicted molar refractivity (Wildman–Crippen MR) is 84.3 cm³/mol. The SMILES string of the molecule is CCCCCNC(=O)C(Cc1ccc([N+](=O)[O-])cc1)NC(=O)O. The summed E-state index contributed by atoms with van der Waals surface area (Å²) in [6.07, 6.45) is 1.68. The standard InChI is InChI=1S/C15H21N3O5/c1-2-3-4-9-16-14(19)13(17-15(20)21)10-11-5-7-12(8-6-11)18(22)23/h5-8,13,17H,2-4,9-10H2,1H3,(H,16,19)(H,20,21). The number of nitrogens with one attached hydrogen (secondary N) is 2. The highest BCUT2D eigenvalue weighted by molar-refractivity contribution is 5.85. The summed E-state index contributed by atoms with van der Waals surface area (Å²) in [6, 6.07) is 4.74. The summed E-state index contributed by atoms with van der Waals surface area (Å²) in [4.78, 5) is 33.0. The van der Waals surface area contributed by atoms with Gasteiger partial charge in [-0.05, 0) is 12.0 Å². The Balaban J connectivity index is 2.67. The molecule has 2 amide bonds. The molecular formula is C15H21N3O5. The number of nitrogens with zero attached hydrogens (tertiary/aromatic N) is 1. The Kier molecular flexibility index (Phi) is 7.52. The summed E-state index contributed by atoms with van der Waals surface area (Å²) in [7, 11) is 0. The van der Waals surface area contributed by atoms with E-state index >= 15 is 0 Å². The average molecular weight is 323 g/mol. The van der Waals surface area contributed by atoms with Gasteiger partial charge in [-0.15, -0.1) is 0 Å². The van der Waals surface area contributed by atoms with E-state index in [1.54, 1.807) is 0 Å². The van der Waals surface area contributed by atoms with Gasteiger partial charge in [0.15, 0.2) is 0 Å². The van der Waals surface area contributed by atoms with Gasteiger partial charge in [-0.25, -0.2) is 4.79 Å². The Hall–Kier alpha value is -2.64. The average Bonchev–Trinajstić information content (AvgIpc) is 2.50. The minimum Gasteiger partial charge on any atom is -0.465 e. The number of non-ortho nitro benzene ring substituents is 1. The molecule has 0 aliphatic carbocycles. The summed E-state index contributed by atoms with van der Waals surface area (Å²) in [5, 5.41) is 24.3. The first-order valence-corrected chi connectivity index (χ1v) is 7.44. The number of carboxylic acid groups (broad SMARTS) is 1. The predicted octanol–water partition coefficient (Wildman–Crippen LogP) is 2.08. The van der Waals surface area contributed by atoms with E-state index < -0.39 is 23.0 Å². The Morgan fingerprint density at radius 2 is 1.91 bits per heavy atom. The zero-order chi connectivity index (χ0) is 17.2. The van der Waals surface area contributed by atoms with E-state index in [0.717, 1.165) is 19.3 Å². The molecule has 1 unspecified atom stereocenters. The molecule has 0 aromatic heterocycles. The van der Waals surface area contributed by atoms with Crippen LogP contribution in [0.2, 0.25) is 0 Å². The Bertz CT molecular complexity index is 545. The second-order valence-electron chi connectivity index (χ2n) is 5.13. The molecule has 1 rings (SSSR count). The van der Waals surface area contributed by atoms with Gasteiger partial charge in [0.25, 0.3) is 5.69 Å². The number of nitro groups is 1. The van der Waals surface area contributed by atoms with Crippen molar-refractivity contribution in [2.24, 2.45) is 0 Å². The molecule has 0 heterocycles. The van der Waals surface area contributed by atoms with Crippen LogP contribution < -0.4 is 10.6 Å². The van der Waals surface area contributed by atoms with Crippen molar-refractivity contribution in [3.05, 3.63) is 39.9 Å². The highest BCUT2D eigenvalue weighted by Crippen LogP contribution is 2.13. The lowest BCUT2D eigenvalue weighted by atomic mass is 10.0. The van der Waals surface area contributed by atoms with Crippen molar-refractivity contribution in [3.63, 3.8) is 0 Å². The first kappa shape index (κ1) is 18.4. The van der Waals surface area contributed by atoms with Crippen LogP contribution in [0.5, 0.6) is 0 Å². The van der Waals surface area contributed by atoms with E-state index in [1.807, 2.05) is 6.92 Å². The normalized spacial score (nSPS) is 11.5.